The van der Waals surface area contributed by atoms with Gasteiger partial charge in [-0.3, -0.25) is 4.79 Å². The molecule has 28 heavy (non-hydrogen) atoms. The minimum absolute atomic E-state index is 0.00356. The van der Waals surface area contributed by atoms with Crippen LogP contribution in [-0.2, 0) is 11.2 Å². The molecule has 0 spiro atoms. The fraction of sp³-hybridized carbons (Fsp3) is 0.364. The molecule has 2 N–H and O–H groups in total. The minimum Gasteiger partial charge on any atom is -0.497 e. The third-order valence-electron chi connectivity index (χ3n) is 5.48. The second kappa shape index (κ2) is 7.92. The van der Waals surface area contributed by atoms with Gasteiger partial charge >= 0.3 is 6.03 Å². The number of hydrogen-bond donors (Lipinski definition) is 2. The third-order valence-corrected chi connectivity index (χ3v) is 5.48. The van der Waals surface area contributed by atoms with Crippen molar-refractivity contribution in [2.75, 3.05) is 23.9 Å². The van der Waals surface area contributed by atoms with Gasteiger partial charge in [0.05, 0.1) is 13.2 Å². The Morgan fingerprint density at radius 2 is 1.93 bits per heavy atom. The standard InChI is InChI=1S/C22H25N3O3/c1-28-18-11-12-19-15(14-18)4-2-5-20(19)24-22(27)23-16-7-9-17(10-8-16)25-13-3-6-21(25)26/h7-12,14,20H,2-6,13H2,1H3,(H2,23,24,27). The zero-order valence-corrected chi connectivity index (χ0v) is 16.0. The molecule has 4 rings (SSSR count). The van der Waals surface area contributed by atoms with E-state index < -0.39 is 0 Å². The van der Waals surface area contributed by atoms with E-state index in [2.05, 4.69) is 16.7 Å². The summed E-state index contributed by atoms with van der Waals surface area (Å²) in [6.45, 7) is 0.762. The first kappa shape index (κ1) is 18.3. The molecular weight excluding hydrogens is 354 g/mol. The predicted octanol–water partition coefficient (Wildman–Crippen LogP) is 4.02. The van der Waals surface area contributed by atoms with Crippen LogP contribution in [0.2, 0.25) is 0 Å². The molecule has 1 fully saturated rings. The molecule has 1 aliphatic carbocycles. The maximum Gasteiger partial charge on any atom is 0.319 e. The SMILES string of the molecule is COc1ccc2c(c1)CCCC2NC(=O)Nc1ccc(N2CCCC2=O)cc1. The first-order valence-electron chi connectivity index (χ1n) is 9.79. The number of aryl methyl sites for hydroxylation is 1. The highest BCUT2D eigenvalue weighted by atomic mass is 16.5. The van der Waals surface area contributed by atoms with E-state index >= 15 is 0 Å². The second-order valence-electron chi connectivity index (χ2n) is 7.30. The van der Waals surface area contributed by atoms with Gasteiger partial charge in [0, 0.05) is 24.3 Å². The van der Waals surface area contributed by atoms with E-state index in [-0.39, 0.29) is 18.0 Å². The van der Waals surface area contributed by atoms with Crippen LogP contribution < -0.4 is 20.3 Å². The molecule has 0 radical (unpaired) electrons. The number of hydrogen-bond acceptors (Lipinski definition) is 3. The first-order valence-corrected chi connectivity index (χ1v) is 9.79. The van der Waals surface area contributed by atoms with E-state index in [9.17, 15) is 9.59 Å². The summed E-state index contributed by atoms with van der Waals surface area (Å²) in [5, 5.41) is 5.98. The molecule has 1 aliphatic heterocycles. The molecule has 3 amide bonds. The summed E-state index contributed by atoms with van der Waals surface area (Å²) in [7, 11) is 1.67. The van der Waals surface area contributed by atoms with Crippen molar-refractivity contribution in [3.8, 4) is 5.75 Å². The summed E-state index contributed by atoms with van der Waals surface area (Å²) in [6.07, 6.45) is 4.46. The largest absolute Gasteiger partial charge is 0.497 e. The van der Waals surface area contributed by atoms with Gasteiger partial charge in [0.2, 0.25) is 5.91 Å². The van der Waals surface area contributed by atoms with Gasteiger partial charge in [-0.1, -0.05) is 6.07 Å². The maximum atomic E-state index is 12.5. The van der Waals surface area contributed by atoms with Crippen LogP contribution in [0.25, 0.3) is 0 Å². The third kappa shape index (κ3) is 3.81. The van der Waals surface area contributed by atoms with Gasteiger partial charge in [-0.05, 0) is 73.2 Å². The number of carbonyl (C=O) groups excluding carboxylic acids is 2. The van der Waals surface area contributed by atoms with Gasteiger partial charge in [-0.2, -0.15) is 0 Å². The molecule has 1 unspecified atom stereocenters. The van der Waals surface area contributed by atoms with Crippen LogP contribution in [0.5, 0.6) is 5.75 Å². The van der Waals surface area contributed by atoms with Crippen LogP contribution in [0, 0.1) is 0 Å². The molecule has 2 aliphatic rings. The Labute approximate surface area is 164 Å². The molecule has 1 heterocycles. The average Bonchev–Trinajstić information content (AvgIpc) is 3.14. The Kier molecular flexibility index (Phi) is 5.19. The fourth-order valence-corrected chi connectivity index (χ4v) is 4.04. The predicted molar refractivity (Wildman–Crippen MR) is 109 cm³/mol. The number of rotatable bonds is 4. The molecule has 0 saturated carbocycles. The second-order valence-corrected chi connectivity index (χ2v) is 7.30. The Morgan fingerprint density at radius 1 is 1.11 bits per heavy atom. The van der Waals surface area contributed by atoms with Crippen molar-refractivity contribution < 1.29 is 14.3 Å². The quantitative estimate of drug-likeness (QED) is 0.843. The summed E-state index contributed by atoms with van der Waals surface area (Å²) in [4.78, 5) is 26.1. The molecule has 2 aromatic carbocycles. The maximum absolute atomic E-state index is 12.5. The highest BCUT2D eigenvalue weighted by molar-refractivity contribution is 5.96. The molecule has 1 atom stereocenters. The molecule has 146 valence electrons. The number of carbonyl (C=O) groups is 2. The number of fused-ring (bicyclic) bond motifs is 1. The lowest BCUT2D eigenvalue weighted by atomic mass is 9.87. The smallest absolute Gasteiger partial charge is 0.319 e. The number of anilines is 2. The average molecular weight is 379 g/mol. The van der Waals surface area contributed by atoms with Crippen LogP contribution in [0.15, 0.2) is 42.5 Å². The Morgan fingerprint density at radius 3 is 2.64 bits per heavy atom. The van der Waals surface area contributed by atoms with Gasteiger partial charge < -0.3 is 20.3 Å². The number of nitrogens with zero attached hydrogens (tertiary/aromatic N) is 1. The van der Waals surface area contributed by atoms with Gasteiger partial charge in [0.1, 0.15) is 5.75 Å². The summed E-state index contributed by atoms with van der Waals surface area (Å²) in [5.41, 5.74) is 3.97. The Balaban J connectivity index is 1.39. The molecule has 6 heteroatoms. The zero-order chi connectivity index (χ0) is 19.5. The van der Waals surface area contributed by atoms with E-state index in [4.69, 9.17) is 4.74 Å². The van der Waals surface area contributed by atoms with Crippen LogP contribution in [0.3, 0.4) is 0 Å². The van der Waals surface area contributed by atoms with E-state index in [1.807, 2.05) is 36.4 Å². The van der Waals surface area contributed by atoms with Crippen molar-refractivity contribution in [3.05, 3.63) is 53.6 Å². The molecule has 2 aromatic rings. The van der Waals surface area contributed by atoms with Crippen LogP contribution in [0.1, 0.15) is 42.9 Å². The number of methoxy groups -OCH3 is 1. The van der Waals surface area contributed by atoms with Crippen LogP contribution >= 0.6 is 0 Å². The highest BCUT2D eigenvalue weighted by Gasteiger charge is 2.23. The van der Waals surface area contributed by atoms with Gasteiger partial charge in [-0.15, -0.1) is 0 Å². The van der Waals surface area contributed by atoms with E-state index in [1.54, 1.807) is 12.0 Å². The molecular formula is C22H25N3O3. The first-order chi connectivity index (χ1) is 13.6. The minimum atomic E-state index is -0.223. The zero-order valence-electron chi connectivity index (χ0n) is 16.0. The van der Waals surface area contributed by atoms with Crippen molar-refractivity contribution in [2.24, 2.45) is 0 Å². The van der Waals surface area contributed by atoms with E-state index in [1.165, 1.54) is 5.56 Å². The normalized spacial score (nSPS) is 18.5. The van der Waals surface area contributed by atoms with Crippen LogP contribution in [0.4, 0.5) is 16.2 Å². The van der Waals surface area contributed by atoms with E-state index in [0.717, 1.165) is 49.2 Å². The Hall–Kier alpha value is -3.02. The lowest BCUT2D eigenvalue weighted by Crippen LogP contribution is -2.34. The summed E-state index contributed by atoms with van der Waals surface area (Å²) < 4.78 is 5.30. The molecule has 1 saturated heterocycles. The fourth-order valence-electron chi connectivity index (χ4n) is 4.04. The molecule has 0 bridgehead atoms. The highest BCUT2D eigenvalue weighted by Crippen LogP contribution is 2.32. The van der Waals surface area contributed by atoms with Gasteiger partial charge in [-0.25, -0.2) is 4.79 Å². The van der Waals surface area contributed by atoms with Crippen molar-refractivity contribution >= 4 is 23.3 Å². The lowest BCUT2D eigenvalue weighted by molar-refractivity contribution is -0.117. The summed E-state index contributed by atoms with van der Waals surface area (Å²) >= 11 is 0. The lowest BCUT2D eigenvalue weighted by Gasteiger charge is -2.27. The van der Waals surface area contributed by atoms with Crippen molar-refractivity contribution in [1.29, 1.82) is 0 Å². The van der Waals surface area contributed by atoms with Crippen LogP contribution in [-0.4, -0.2) is 25.6 Å². The number of amides is 3. The van der Waals surface area contributed by atoms with Crippen molar-refractivity contribution in [1.82, 2.24) is 5.32 Å². The summed E-state index contributed by atoms with van der Waals surface area (Å²) in [5.74, 6) is 1.01. The Bertz CT molecular complexity index is 879. The van der Waals surface area contributed by atoms with E-state index in [0.29, 0.717) is 12.1 Å². The topological polar surface area (TPSA) is 70.7 Å². The van der Waals surface area contributed by atoms with Gasteiger partial charge in [0.15, 0.2) is 0 Å². The molecule has 0 aromatic heterocycles. The molecule has 6 nitrogen and oxygen atoms in total. The summed E-state index contributed by atoms with van der Waals surface area (Å²) in [6, 6.07) is 13.2. The number of benzene rings is 2. The number of nitrogens with one attached hydrogen (secondary N) is 2. The van der Waals surface area contributed by atoms with Gasteiger partial charge in [0.25, 0.3) is 0 Å². The monoisotopic (exact) mass is 379 g/mol. The number of ether oxygens (including phenoxy) is 1. The van der Waals surface area contributed by atoms with Crippen molar-refractivity contribution in [3.63, 3.8) is 0 Å². The van der Waals surface area contributed by atoms with Crippen molar-refractivity contribution in [2.45, 2.75) is 38.1 Å². The number of urea groups is 1.